The zero-order chi connectivity index (χ0) is 22.4. The van der Waals surface area contributed by atoms with Gasteiger partial charge in [-0.15, -0.1) is 0 Å². The summed E-state index contributed by atoms with van der Waals surface area (Å²) in [6.45, 7) is 1.88. The van der Waals surface area contributed by atoms with Crippen molar-refractivity contribution in [3.05, 3.63) is 70.8 Å². The highest BCUT2D eigenvalue weighted by atomic mass is 16.4. The van der Waals surface area contributed by atoms with Gasteiger partial charge in [0.25, 0.3) is 0 Å². The van der Waals surface area contributed by atoms with E-state index in [4.69, 9.17) is 0 Å². The molecular weight excluding hydrogens is 412 g/mol. The number of hydrogen-bond acceptors (Lipinski definition) is 6. The molecule has 1 aliphatic heterocycles. The lowest BCUT2D eigenvalue weighted by molar-refractivity contribution is 0.0686. The zero-order valence-corrected chi connectivity index (χ0v) is 17.4. The second-order valence-corrected chi connectivity index (χ2v) is 7.95. The molecule has 0 saturated carbocycles. The lowest BCUT2D eigenvalue weighted by Gasteiger charge is -2.16. The number of fused-ring (bicyclic) bond motifs is 1. The number of carboxylic acid groups (broad SMARTS) is 1. The Morgan fingerprint density at radius 1 is 1.19 bits per heavy atom. The van der Waals surface area contributed by atoms with Crippen LogP contribution < -0.4 is 5.69 Å². The molecule has 4 heterocycles. The summed E-state index contributed by atoms with van der Waals surface area (Å²) in [7, 11) is 1.69. The van der Waals surface area contributed by atoms with Crippen LogP contribution >= 0.6 is 0 Å². The number of likely N-dealkylation sites (tertiary alicyclic amines) is 1. The Morgan fingerprint density at radius 3 is 2.69 bits per heavy atom. The van der Waals surface area contributed by atoms with Gasteiger partial charge in [0.05, 0.1) is 30.0 Å². The molecule has 1 saturated heterocycles. The van der Waals surface area contributed by atoms with Gasteiger partial charge in [0, 0.05) is 26.3 Å². The standard InChI is InChI=1S/C22H22N6O4/c1-25-18(21(30)31)11-24-19(25)13-26-10-8-15(12-26)28-20-17(3-2-9-23-20)27(22(28)32)14-4-6-16(29)7-5-14/h2-7,9,11,15,29H,8,10,12-13H2,1H3,(H,30,31). The van der Waals surface area contributed by atoms with Gasteiger partial charge in [-0.05, 0) is 42.8 Å². The van der Waals surface area contributed by atoms with Crippen molar-refractivity contribution >= 4 is 17.1 Å². The van der Waals surface area contributed by atoms with Crippen molar-refractivity contribution in [3.63, 3.8) is 0 Å². The van der Waals surface area contributed by atoms with Crippen LogP contribution in [0.3, 0.4) is 0 Å². The van der Waals surface area contributed by atoms with E-state index >= 15 is 0 Å². The summed E-state index contributed by atoms with van der Waals surface area (Å²) < 4.78 is 4.94. The minimum absolute atomic E-state index is 0.0718. The Kier molecular flexibility index (Phi) is 4.78. The smallest absolute Gasteiger partial charge is 0.354 e. The minimum Gasteiger partial charge on any atom is -0.508 e. The fourth-order valence-electron chi connectivity index (χ4n) is 4.39. The lowest BCUT2D eigenvalue weighted by Crippen LogP contribution is -2.29. The maximum Gasteiger partial charge on any atom is 0.354 e. The summed E-state index contributed by atoms with van der Waals surface area (Å²) in [5.74, 6) is -0.208. The fraction of sp³-hybridized carbons (Fsp3) is 0.273. The Morgan fingerprint density at radius 2 is 1.97 bits per heavy atom. The van der Waals surface area contributed by atoms with Gasteiger partial charge >= 0.3 is 11.7 Å². The number of nitrogens with zero attached hydrogens (tertiary/aromatic N) is 6. The van der Waals surface area contributed by atoms with Gasteiger partial charge in [0.15, 0.2) is 5.65 Å². The van der Waals surface area contributed by atoms with Gasteiger partial charge in [-0.1, -0.05) is 0 Å². The van der Waals surface area contributed by atoms with Crippen LogP contribution in [-0.2, 0) is 13.6 Å². The quantitative estimate of drug-likeness (QED) is 0.491. The molecule has 0 bridgehead atoms. The third-order valence-corrected chi connectivity index (χ3v) is 6.02. The first-order chi connectivity index (χ1) is 15.4. The van der Waals surface area contributed by atoms with E-state index in [0.29, 0.717) is 35.8 Å². The van der Waals surface area contributed by atoms with Crippen molar-refractivity contribution in [1.82, 2.24) is 28.6 Å². The van der Waals surface area contributed by atoms with E-state index in [-0.39, 0.29) is 23.2 Å². The van der Waals surface area contributed by atoms with Gasteiger partial charge in [0.2, 0.25) is 0 Å². The van der Waals surface area contributed by atoms with E-state index in [9.17, 15) is 19.8 Å². The molecule has 0 amide bonds. The Hall–Kier alpha value is -3.92. The van der Waals surface area contributed by atoms with Gasteiger partial charge < -0.3 is 14.8 Å². The van der Waals surface area contributed by atoms with E-state index < -0.39 is 5.97 Å². The number of aromatic nitrogens is 5. The number of rotatable bonds is 5. The number of aromatic carboxylic acids is 1. The number of imidazole rings is 2. The summed E-state index contributed by atoms with van der Waals surface area (Å²) in [4.78, 5) is 35.7. The Labute approximate surface area is 182 Å². The van der Waals surface area contributed by atoms with Gasteiger partial charge in [-0.25, -0.2) is 19.6 Å². The molecule has 1 atom stereocenters. The predicted molar refractivity (Wildman–Crippen MR) is 116 cm³/mol. The zero-order valence-electron chi connectivity index (χ0n) is 17.4. The summed E-state index contributed by atoms with van der Waals surface area (Å²) in [6.07, 6.45) is 3.81. The molecule has 0 aliphatic carbocycles. The SMILES string of the molecule is Cn1c(C(=O)O)cnc1CN1CCC(n2c(=O)n(-c3ccc(O)cc3)c3cccnc32)C1. The highest BCUT2D eigenvalue weighted by molar-refractivity contribution is 5.85. The highest BCUT2D eigenvalue weighted by Gasteiger charge is 2.29. The average molecular weight is 434 g/mol. The molecule has 10 heteroatoms. The largest absolute Gasteiger partial charge is 0.508 e. The third kappa shape index (κ3) is 3.25. The number of pyridine rings is 1. The molecule has 0 spiro atoms. The summed E-state index contributed by atoms with van der Waals surface area (Å²) in [6, 6.07) is 10.1. The first-order valence-electron chi connectivity index (χ1n) is 10.3. The van der Waals surface area contributed by atoms with Gasteiger partial charge in [0.1, 0.15) is 17.3 Å². The molecule has 1 aromatic carbocycles. The molecule has 10 nitrogen and oxygen atoms in total. The van der Waals surface area contributed by atoms with Crippen LogP contribution in [0.5, 0.6) is 5.75 Å². The van der Waals surface area contributed by atoms with E-state index in [2.05, 4.69) is 14.9 Å². The van der Waals surface area contributed by atoms with E-state index in [0.717, 1.165) is 13.0 Å². The number of aromatic hydroxyl groups is 1. The molecule has 1 unspecified atom stereocenters. The summed E-state index contributed by atoms with van der Waals surface area (Å²) in [5, 5.41) is 18.9. The summed E-state index contributed by atoms with van der Waals surface area (Å²) >= 11 is 0. The van der Waals surface area contributed by atoms with Crippen molar-refractivity contribution in [1.29, 1.82) is 0 Å². The molecule has 4 aromatic rings. The average Bonchev–Trinajstić information content (AvgIpc) is 3.45. The normalized spacial score (nSPS) is 16.7. The van der Waals surface area contributed by atoms with Gasteiger partial charge in [-0.3, -0.25) is 14.0 Å². The molecule has 3 aromatic heterocycles. The van der Waals surface area contributed by atoms with Crippen molar-refractivity contribution in [2.75, 3.05) is 13.1 Å². The molecule has 0 radical (unpaired) electrons. The predicted octanol–water partition coefficient (Wildman–Crippen LogP) is 1.77. The monoisotopic (exact) mass is 434 g/mol. The minimum atomic E-state index is -1.01. The van der Waals surface area contributed by atoms with Crippen LogP contribution in [0.25, 0.3) is 16.9 Å². The molecule has 32 heavy (non-hydrogen) atoms. The van der Waals surface area contributed by atoms with Crippen LogP contribution in [0.15, 0.2) is 53.6 Å². The third-order valence-electron chi connectivity index (χ3n) is 6.02. The van der Waals surface area contributed by atoms with Crippen molar-refractivity contribution in [2.45, 2.75) is 19.0 Å². The molecule has 1 fully saturated rings. The van der Waals surface area contributed by atoms with Crippen LogP contribution in [-0.4, -0.2) is 57.8 Å². The highest BCUT2D eigenvalue weighted by Crippen LogP contribution is 2.26. The fourth-order valence-corrected chi connectivity index (χ4v) is 4.39. The van der Waals surface area contributed by atoms with Gasteiger partial charge in [-0.2, -0.15) is 0 Å². The second kappa shape index (κ2) is 7.65. The first-order valence-corrected chi connectivity index (χ1v) is 10.3. The lowest BCUT2D eigenvalue weighted by atomic mass is 10.2. The molecule has 5 rings (SSSR count). The summed E-state index contributed by atoms with van der Waals surface area (Å²) in [5.41, 5.74) is 1.95. The molecular formula is C22H22N6O4. The number of hydrogen-bond donors (Lipinski definition) is 2. The second-order valence-electron chi connectivity index (χ2n) is 7.95. The van der Waals surface area contributed by atoms with Crippen molar-refractivity contribution < 1.29 is 15.0 Å². The van der Waals surface area contributed by atoms with Crippen LogP contribution in [0.2, 0.25) is 0 Å². The maximum absolute atomic E-state index is 13.5. The number of phenols is 1. The van der Waals surface area contributed by atoms with E-state index in [1.54, 1.807) is 57.3 Å². The molecule has 1 aliphatic rings. The Balaban J connectivity index is 1.47. The number of carboxylic acids is 1. The molecule has 164 valence electrons. The number of phenolic OH excluding ortho intramolecular Hbond substituents is 1. The Bertz CT molecular complexity index is 1370. The van der Waals surface area contributed by atoms with Crippen LogP contribution in [0.4, 0.5) is 0 Å². The first kappa shape index (κ1) is 20.0. The van der Waals surface area contributed by atoms with E-state index in [1.165, 1.54) is 6.20 Å². The number of carbonyl (C=O) groups is 1. The van der Waals surface area contributed by atoms with Crippen LogP contribution in [0, 0.1) is 0 Å². The van der Waals surface area contributed by atoms with Crippen LogP contribution in [0.1, 0.15) is 28.8 Å². The van der Waals surface area contributed by atoms with Crippen molar-refractivity contribution in [3.8, 4) is 11.4 Å². The van der Waals surface area contributed by atoms with Crippen molar-refractivity contribution in [2.24, 2.45) is 7.05 Å². The van der Waals surface area contributed by atoms with E-state index in [1.807, 2.05) is 6.07 Å². The molecule has 2 N–H and O–H groups in total. The topological polar surface area (TPSA) is 118 Å². The maximum atomic E-state index is 13.5. The number of benzene rings is 1.